The van der Waals surface area contributed by atoms with Crippen molar-refractivity contribution >= 4 is 0 Å². The van der Waals surface area contributed by atoms with E-state index in [4.69, 9.17) is 4.74 Å². The summed E-state index contributed by atoms with van der Waals surface area (Å²) < 4.78 is 6.24. The zero-order chi connectivity index (χ0) is 13.9. The second-order valence-electron chi connectivity index (χ2n) is 7.26. The van der Waals surface area contributed by atoms with E-state index in [0.717, 1.165) is 24.4 Å². The van der Waals surface area contributed by atoms with Crippen LogP contribution >= 0.6 is 0 Å². The van der Waals surface area contributed by atoms with Gasteiger partial charge in [-0.1, -0.05) is 40.0 Å². The average molecular weight is 267 g/mol. The van der Waals surface area contributed by atoms with E-state index in [1.807, 2.05) is 0 Å². The van der Waals surface area contributed by atoms with Crippen LogP contribution in [0.2, 0.25) is 0 Å². The number of hydrogen-bond acceptors (Lipinski definition) is 2. The Balaban J connectivity index is 2.02. The summed E-state index contributed by atoms with van der Waals surface area (Å²) in [6.45, 7) is 8.10. The molecule has 0 aromatic rings. The number of hydrogen-bond donors (Lipinski definition) is 1. The van der Waals surface area contributed by atoms with Gasteiger partial charge in [0, 0.05) is 12.6 Å². The standard InChI is InChI=1S/C17H33NO/c1-13(2)14(3)16(18-4)15-8-11-19-17(12-15)9-6-5-7-10-17/h13-16,18H,5-12H2,1-4H3. The third-order valence-electron chi connectivity index (χ3n) is 5.76. The molecule has 0 aromatic heterocycles. The van der Waals surface area contributed by atoms with Crippen LogP contribution in [-0.2, 0) is 4.74 Å². The molecule has 19 heavy (non-hydrogen) atoms. The number of ether oxygens (including phenoxy) is 1. The SMILES string of the molecule is CNC(C1CCOC2(CCCCC2)C1)C(C)C(C)C. The molecule has 1 saturated carbocycles. The van der Waals surface area contributed by atoms with Gasteiger partial charge in [0.1, 0.15) is 0 Å². The summed E-state index contributed by atoms with van der Waals surface area (Å²) in [6.07, 6.45) is 9.28. The lowest BCUT2D eigenvalue weighted by Crippen LogP contribution is -2.49. The lowest BCUT2D eigenvalue weighted by Gasteiger charge is -2.47. The predicted molar refractivity (Wildman–Crippen MR) is 81.3 cm³/mol. The monoisotopic (exact) mass is 267 g/mol. The highest BCUT2D eigenvalue weighted by molar-refractivity contribution is 4.94. The second-order valence-corrected chi connectivity index (χ2v) is 7.26. The summed E-state index contributed by atoms with van der Waals surface area (Å²) in [6, 6.07) is 0.655. The van der Waals surface area contributed by atoms with Crippen molar-refractivity contribution in [2.24, 2.45) is 17.8 Å². The van der Waals surface area contributed by atoms with E-state index in [1.54, 1.807) is 0 Å². The molecule has 1 aliphatic heterocycles. The molecule has 0 radical (unpaired) electrons. The van der Waals surface area contributed by atoms with E-state index in [2.05, 4.69) is 33.1 Å². The molecule has 0 aromatic carbocycles. The Morgan fingerprint density at radius 2 is 1.79 bits per heavy atom. The van der Waals surface area contributed by atoms with Crippen molar-refractivity contribution in [2.45, 2.75) is 77.4 Å². The predicted octanol–water partition coefficient (Wildman–Crippen LogP) is 4.00. The highest BCUT2D eigenvalue weighted by Gasteiger charge is 2.41. The third kappa shape index (κ3) is 3.52. The summed E-state index contributed by atoms with van der Waals surface area (Å²) in [5.41, 5.74) is 0.243. The van der Waals surface area contributed by atoms with Crippen LogP contribution in [0.4, 0.5) is 0 Å². The van der Waals surface area contributed by atoms with Gasteiger partial charge in [0.2, 0.25) is 0 Å². The Labute approximate surface area is 119 Å². The fraction of sp³-hybridized carbons (Fsp3) is 1.00. The van der Waals surface area contributed by atoms with Crippen molar-refractivity contribution < 1.29 is 4.74 Å². The largest absolute Gasteiger partial charge is 0.375 e. The molecule has 2 heteroatoms. The Bertz CT molecular complexity index is 265. The van der Waals surface area contributed by atoms with Crippen LogP contribution in [0.25, 0.3) is 0 Å². The minimum atomic E-state index is 0.243. The van der Waals surface area contributed by atoms with Gasteiger partial charge in [-0.3, -0.25) is 0 Å². The molecule has 1 saturated heterocycles. The van der Waals surface area contributed by atoms with Crippen LogP contribution in [0.1, 0.15) is 65.7 Å². The summed E-state index contributed by atoms with van der Waals surface area (Å²) in [5.74, 6) is 2.30. The Kier molecular flexibility index (Phi) is 5.30. The van der Waals surface area contributed by atoms with Crippen LogP contribution in [0, 0.1) is 17.8 Å². The fourth-order valence-electron chi connectivity index (χ4n) is 4.26. The lowest BCUT2D eigenvalue weighted by atomic mass is 9.71. The first-order valence-electron chi connectivity index (χ1n) is 8.39. The average Bonchev–Trinajstić information content (AvgIpc) is 2.40. The molecule has 2 rings (SSSR count). The van der Waals surface area contributed by atoms with Gasteiger partial charge in [-0.2, -0.15) is 0 Å². The summed E-state index contributed by atoms with van der Waals surface area (Å²) >= 11 is 0. The smallest absolute Gasteiger partial charge is 0.0685 e. The highest BCUT2D eigenvalue weighted by Crippen LogP contribution is 2.42. The van der Waals surface area contributed by atoms with Gasteiger partial charge in [0.05, 0.1) is 5.60 Å². The zero-order valence-corrected chi connectivity index (χ0v) is 13.4. The Morgan fingerprint density at radius 3 is 2.37 bits per heavy atom. The van der Waals surface area contributed by atoms with Crippen LogP contribution in [-0.4, -0.2) is 25.3 Å². The molecule has 1 N–H and O–H groups in total. The van der Waals surface area contributed by atoms with E-state index >= 15 is 0 Å². The minimum absolute atomic E-state index is 0.243. The molecule has 3 atom stereocenters. The van der Waals surface area contributed by atoms with Crippen LogP contribution < -0.4 is 5.32 Å². The zero-order valence-electron chi connectivity index (χ0n) is 13.4. The van der Waals surface area contributed by atoms with E-state index in [0.29, 0.717) is 6.04 Å². The van der Waals surface area contributed by atoms with Crippen LogP contribution in [0.5, 0.6) is 0 Å². The highest BCUT2D eigenvalue weighted by atomic mass is 16.5. The van der Waals surface area contributed by atoms with E-state index < -0.39 is 0 Å². The van der Waals surface area contributed by atoms with Gasteiger partial charge >= 0.3 is 0 Å². The van der Waals surface area contributed by atoms with Crippen molar-refractivity contribution in [3.8, 4) is 0 Å². The first-order valence-corrected chi connectivity index (χ1v) is 8.39. The molecule has 0 amide bonds. The maximum Gasteiger partial charge on any atom is 0.0685 e. The van der Waals surface area contributed by atoms with Gasteiger partial charge < -0.3 is 10.1 Å². The Morgan fingerprint density at radius 1 is 1.11 bits per heavy atom. The molecule has 2 nitrogen and oxygen atoms in total. The van der Waals surface area contributed by atoms with E-state index in [9.17, 15) is 0 Å². The molecular weight excluding hydrogens is 234 g/mol. The molecule has 2 fully saturated rings. The quantitative estimate of drug-likeness (QED) is 0.831. The maximum atomic E-state index is 6.24. The summed E-state index contributed by atoms with van der Waals surface area (Å²) in [5, 5.41) is 3.62. The van der Waals surface area contributed by atoms with Gasteiger partial charge in [-0.05, 0) is 50.5 Å². The second kappa shape index (κ2) is 6.58. The fourth-order valence-corrected chi connectivity index (χ4v) is 4.26. The van der Waals surface area contributed by atoms with Gasteiger partial charge in [-0.25, -0.2) is 0 Å². The molecule has 0 bridgehead atoms. The summed E-state index contributed by atoms with van der Waals surface area (Å²) in [4.78, 5) is 0. The molecule has 2 aliphatic rings. The lowest BCUT2D eigenvalue weighted by molar-refractivity contribution is -0.124. The van der Waals surface area contributed by atoms with Gasteiger partial charge in [-0.15, -0.1) is 0 Å². The van der Waals surface area contributed by atoms with Gasteiger partial charge in [0.15, 0.2) is 0 Å². The van der Waals surface area contributed by atoms with Crippen molar-refractivity contribution in [2.75, 3.05) is 13.7 Å². The van der Waals surface area contributed by atoms with E-state index in [-0.39, 0.29) is 5.60 Å². The normalized spacial score (nSPS) is 30.5. The maximum absolute atomic E-state index is 6.24. The molecule has 1 spiro atoms. The van der Waals surface area contributed by atoms with Crippen LogP contribution in [0.3, 0.4) is 0 Å². The van der Waals surface area contributed by atoms with Crippen molar-refractivity contribution in [3.05, 3.63) is 0 Å². The minimum Gasteiger partial charge on any atom is -0.375 e. The van der Waals surface area contributed by atoms with Crippen LogP contribution in [0.15, 0.2) is 0 Å². The Hall–Kier alpha value is -0.0800. The summed E-state index contributed by atoms with van der Waals surface area (Å²) in [7, 11) is 2.15. The van der Waals surface area contributed by atoms with Gasteiger partial charge in [0.25, 0.3) is 0 Å². The number of nitrogens with one attached hydrogen (secondary N) is 1. The first-order chi connectivity index (χ1) is 9.08. The third-order valence-corrected chi connectivity index (χ3v) is 5.76. The molecule has 112 valence electrons. The first kappa shape index (κ1) is 15.3. The van der Waals surface area contributed by atoms with Crippen molar-refractivity contribution in [1.82, 2.24) is 5.32 Å². The molecule has 3 unspecified atom stereocenters. The molecule has 1 aliphatic carbocycles. The topological polar surface area (TPSA) is 21.3 Å². The van der Waals surface area contributed by atoms with Crippen molar-refractivity contribution in [1.29, 1.82) is 0 Å². The molecule has 1 heterocycles. The van der Waals surface area contributed by atoms with Crippen molar-refractivity contribution in [3.63, 3.8) is 0 Å². The van der Waals surface area contributed by atoms with E-state index in [1.165, 1.54) is 44.9 Å². The molecular formula is C17H33NO. The number of rotatable bonds is 4.